The van der Waals surface area contributed by atoms with E-state index in [1.807, 2.05) is 0 Å². The number of carbonyl (C=O) groups excluding carboxylic acids is 2. The summed E-state index contributed by atoms with van der Waals surface area (Å²) in [5.41, 5.74) is 1.20. The van der Waals surface area contributed by atoms with Crippen molar-refractivity contribution in [2.45, 2.75) is 13.0 Å². The number of anilines is 1. The number of esters is 1. The molecule has 7 heteroatoms. The Hall–Kier alpha value is -3.48. The van der Waals surface area contributed by atoms with Gasteiger partial charge in [0.05, 0.1) is 29.9 Å². The molecule has 2 aromatic carbocycles. The van der Waals surface area contributed by atoms with Gasteiger partial charge in [-0.3, -0.25) is 14.2 Å². The highest BCUT2D eigenvalue weighted by Crippen LogP contribution is 2.14. The van der Waals surface area contributed by atoms with Crippen LogP contribution >= 0.6 is 0 Å². The minimum absolute atomic E-state index is 0.278. The van der Waals surface area contributed by atoms with Gasteiger partial charge in [0.25, 0.3) is 5.56 Å². The fraction of sp³-hybridized carbons (Fsp3) is 0.158. The smallest absolute Gasteiger partial charge is 0.337 e. The Morgan fingerprint density at radius 2 is 1.81 bits per heavy atom. The number of fused-ring (bicyclic) bond motifs is 1. The van der Waals surface area contributed by atoms with Gasteiger partial charge >= 0.3 is 5.97 Å². The summed E-state index contributed by atoms with van der Waals surface area (Å²) in [5, 5.41) is 3.18. The molecule has 1 amide bonds. The predicted octanol–water partition coefficient (Wildman–Crippen LogP) is 2.38. The third-order valence-corrected chi connectivity index (χ3v) is 4.06. The van der Waals surface area contributed by atoms with Crippen molar-refractivity contribution in [1.82, 2.24) is 9.55 Å². The Morgan fingerprint density at radius 3 is 2.50 bits per heavy atom. The average Bonchev–Trinajstić information content (AvgIpc) is 2.68. The minimum Gasteiger partial charge on any atom is -0.465 e. The molecule has 1 N–H and O–H groups in total. The monoisotopic (exact) mass is 351 g/mol. The molecule has 132 valence electrons. The third-order valence-electron chi connectivity index (χ3n) is 4.06. The van der Waals surface area contributed by atoms with Crippen LogP contribution in [0.2, 0.25) is 0 Å². The lowest BCUT2D eigenvalue weighted by Crippen LogP contribution is -2.31. The van der Waals surface area contributed by atoms with E-state index in [1.165, 1.54) is 18.0 Å². The lowest BCUT2D eigenvalue weighted by molar-refractivity contribution is -0.118. The number of aromatic nitrogens is 2. The molecule has 0 saturated carbocycles. The van der Waals surface area contributed by atoms with Crippen molar-refractivity contribution in [2.75, 3.05) is 12.4 Å². The predicted molar refractivity (Wildman–Crippen MR) is 97.1 cm³/mol. The fourth-order valence-corrected chi connectivity index (χ4v) is 2.54. The number of para-hydroxylation sites is 1. The van der Waals surface area contributed by atoms with E-state index in [1.54, 1.807) is 55.5 Å². The van der Waals surface area contributed by atoms with Gasteiger partial charge in [0.15, 0.2) is 0 Å². The van der Waals surface area contributed by atoms with E-state index in [9.17, 15) is 14.4 Å². The van der Waals surface area contributed by atoms with Crippen molar-refractivity contribution in [3.8, 4) is 0 Å². The van der Waals surface area contributed by atoms with Gasteiger partial charge in [-0.15, -0.1) is 0 Å². The van der Waals surface area contributed by atoms with Crippen LogP contribution in [0.1, 0.15) is 23.3 Å². The highest BCUT2D eigenvalue weighted by Gasteiger charge is 2.18. The lowest BCUT2D eigenvalue weighted by Gasteiger charge is -2.15. The summed E-state index contributed by atoms with van der Waals surface area (Å²) in [6, 6.07) is 12.5. The first-order valence-corrected chi connectivity index (χ1v) is 7.96. The fourth-order valence-electron chi connectivity index (χ4n) is 2.54. The highest BCUT2D eigenvalue weighted by molar-refractivity contribution is 5.95. The average molecular weight is 351 g/mol. The quantitative estimate of drug-likeness (QED) is 0.729. The van der Waals surface area contributed by atoms with E-state index in [0.717, 1.165) is 0 Å². The van der Waals surface area contributed by atoms with Crippen LogP contribution in [0.3, 0.4) is 0 Å². The molecule has 1 unspecified atom stereocenters. The molecule has 0 aliphatic heterocycles. The molecule has 1 aromatic heterocycles. The lowest BCUT2D eigenvalue weighted by atomic mass is 10.2. The number of carbonyl (C=O) groups is 2. The molecule has 3 rings (SSSR count). The van der Waals surface area contributed by atoms with Gasteiger partial charge < -0.3 is 10.1 Å². The molecular weight excluding hydrogens is 334 g/mol. The van der Waals surface area contributed by atoms with Gasteiger partial charge in [-0.1, -0.05) is 12.1 Å². The molecule has 0 aliphatic carbocycles. The molecule has 0 fully saturated rings. The molecule has 1 atom stereocenters. The summed E-state index contributed by atoms with van der Waals surface area (Å²) >= 11 is 0. The topological polar surface area (TPSA) is 90.3 Å². The highest BCUT2D eigenvalue weighted by atomic mass is 16.5. The van der Waals surface area contributed by atoms with Gasteiger partial charge in [-0.25, -0.2) is 9.78 Å². The maximum absolute atomic E-state index is 12.6. The van der Waals surface area contributed by atoms with E-state index in [0.29, 0.717) is 22.2 Å². The van der Waals surface area contributed by atoms with Gasteiger partial charge in [-0.05, 0) is 43.3 Å². The summed E-state index contributed by atoms with van der Waals surface area (Å²) in [6.07, 6.45) is 1.37. The van der Waals surface area contributed by atoms with Gasteiger partial charge in [0, 0.05) is 5.69 Å². The molecule has 0 aliphatic rings. The SMILES string of the molecule is COC(=O)c1ccc(NC(=O)C(C)n2cnc3ccccc3c2=O)cc1. The van der Waals surface area contributed by atoms with E-state index in [-0.39, 0.29) is 11.5 Å². The van der Waals surface area contributed by atoms with Crippen LogP contribution in [0.15, 0.2) is 59.7 Å². The van der Waals surface area contributed by atoms with Crippen molar-refractivity contribution in [3.63, 3.8) is 0 Å². The Bertz CT molecular complexity index is 1020. The normalized spacial score (nSPS) is 11.8. The van der Waals surface area contributed by atoms with Gasteiger partial charge in [-0.2, -0.15) is 0 Å². The molecule has 7 nitrogen and oxygen atoms in total. The summed E-state index contributed by atoms with van der Waals surface area (Å²) in [7, 11) is 1.30. The van der Waals surface area contributed by atoms with Gasteiger partial charge in [0.1, 0.15) is 6.04 Å². The second-order valence-corrected chi connectivity index (χ2v) is 5.71. The van der Waals surface area contributed by atoms with Crippen molar-refractivity contribution >= 4 is 28.5 Å². The molecule has 0 radical (unpaired) electrons. The van der Waals surface area contributed by atoms with Gasteiger partial charge in [0.2, 0.25) is 5.91 Å². The summed E-state index contributed by atoms with van der Waals surface area (Å²) in [4.78, 5) is 40.7. The number of nitrogens with zero attached hydrogens (tertiary/aromatic N) is 2. The van der Waals surface area contributed by atoms with E-state index < -0.39 is 12.0 Å². The first-order chi connectivity index (χ1) is 12.5. The Kier molecular flexibility index (Phi) is 4.79. The number of hydrogen-bond donors (Lipinski definition) is 1. The number of hydrogen-bond acceptors (Lipinski definition) is 5. The summed E-state index contributed by atoms with van der Waals surface area (Å²) in [5.74, 6) is -0.819. The molecule has 0 bridgehead atoms. The molecule has 0 spiro atoms. The first kappa shape index (κ1) is 17.3. The molecule has 3 aromatic rings. The third kappa shape index (κ3) is 3.32. The van der Waals surface area contributed by atoms with Crippen molar-refractivity contribution < 1.29 is 14.3 Å². The van der Waals surface area contributed by atoms with E-state index in [2.05, 4.69) is 15.0 Å². The Labute approximate surface area is 149 Å². The maximum Gasteiger partial charge on any atom is 0.337 e. The van der Waals surface area contributed by atoms with Crippen LogP contribution in [0.4, 0.5) is 5.69 Å². The number of amides is 1. The molecule has 1 heterocycles. The largest absolute Gasteiger partial charge is 0.465 e. The number of rotatable bonds is 4. The zero-order valence-corrected chi connectivity index (χ0v) is 14.3. The summed E-state index contributed by atoms with van der Waals surface area (Å²) in [6.45, 7) is 1.62. The van der Waals surface area contributed by atoms with Crippen LogP contribution in [-0.2, 0) is 9.53 Å². The van der Waals surface area contributed by atoms with Crippen LogP contribution in [-0.4, -0.2) is 28.5 Å². The number of methoxy groups -OCH3 is 1. The number of benzene rings is 2. The molecular formula is C19H17N3O4. The van der Waals surface area contributed by atoms with Crippen LogP contribution in [0.5, 0.6) is 0 Å². The van der Waals surface area contributed by atoms with Crippen molar-refractivity contribution in [2.24, 2.45) is 0 Å². The number of nitrogens with one attached hydrogen (secondary N) is 1. The standard InChI is InChI=1S/C19H17N3O4/c1-12(22-11-20-16-6-4-3-5-15(16)18(22)24)17(23)21-14-9-7-13(8-10-14)19(25)26-2/h3-12H,1-2H3,(H,21,23). The van der Waals surface area contributed by atoms with E-state index >= 15 is 0 Å². The van der Waals surface area contributed by atoms with E-state index in [4.69, 9.17) is 0 Å². The zero-order valence-electron chi connectivity index (χ0n) is 14.3. The summed E-state index contributed by atoms with van der Waals surface area (Å²) < 4.78 is 5.92. The second kappa shape index (κ2) is 7.18. The molecule has 26 heavy (non-hydrogen) atoms. The van der Waals surface area contributed by atoms with Crippen molar-refractivity contribution in [3.05, 3.63) is 70.8 Å². The Morgan fingerprint density at radius 1 is 1.12 bits per heavy atom. The Balaban J connectivity index is 1.81. The van der Waals surface area contributed by atoms with Crippen molar-refractivity contribution in [1.29, 1.82) is 0 Å². The van der Waals surface area contributed by atoms with Crippen LogP contribution in [0.25, 0.3) is 10.9 Å². The number of ether oxygens (including phenoxy) is 1. The first-order valence-electron chi connectivity index (χ1n) is 7.96. The maximum atomic E-state index is 12.6. The zero-order chi connectivity index (χ0) is 18.7. The molecule has 0 saturated heterocycles. The van der Waals surface area contributed by atoms with Crippen LogP contribution < -0.4 is 10.9 Å². The second-order valence-electron chi connectivity index (χ2n) is 5.71. The van der Waals surface area contributed by atoms with Crippen LogP contribution in [0, 0.1) is 0 Å². The minimum atomic E-state index is -0.750.